The fourth-order valence-corrected chi connectivity index (χ4v) is 2.38. The van der Waals surface area contributed by atoms with Gasteiger partial charge in [0.25, 0.3) is 11.5 Å². The molecule has 0 aliphatic heterocycles. The third-order valence-electron chi connectivity index (χ3n) is 3.75. The van der Waals surface area contributed by atoms with Crippen LogP contribution in [0.4, 0.5) is 0 Å². The molecule has 0 saturated carbocycles. The molecule has 1 aromatic carbocycles. The maximum absolute atomic E-state index is 12.3. The number of unbranched alkanes of at least 4 members (excludes halogenated alkanes) is 3. The molecule has 0 aliphatic rings. The zero-order valence-corrected chi connectivity index (χ0v) is 14.4. The van der Waals surface area contributed by atoms with Crippen molar-refractivity contribution in [2.75, 3.05) is 13.2 Å². The summed E-state index contributed by atoms with van der Waals surface area (Å²) in [6.45, 7) is 2.07. The Kier molecular flexibility index (Phi) is 7.13. The van der Waals surface area contributed by atoms with Crippen LogP contribution in [0.3, 0.4) is 0 Å². The molecule has 7 heteroatoms. The lowest BCUT2D eigenvalue weighted by atomic mass is 10.2. The third kappa shape index (κ3) is 5.70. The van der Waals surface area contributed by atoms with Crippen molar-refractivity contribution in [3.63, 3.8) is 0 Å². The molecule has 0 atom stereocenters. The molecule has 0 fully saturated rings. The predicted molar refractivity (Wildman–Crippen MR) is 94.1 cm³/mol. The number of rotatable bonds is 9. The highest BCUT2D eigenvalue weighted by atomic mass is 16.5. The molecule has 0 bridgehead atoms. The highest BCUT2D eigenvalue weighted by molar-refractivity contribution is 5.81. The Labute approximate surface area is 146 Å². The maximum atomic E-state index is 12.3. The van der Waals surface area contributed by atoms with Crippen molar-refractivity contribution in [3.05, 3.63) is 40.9 Å². The number of amides is 1. The highest BCUT2D eigenvalue weighted by Crippen LogP contribution is 2.04. The molecule has 2 rings (SSSR count). The second-order valence-corrected chi connectivity index (χ2v) is 5.77. The molecule has 1 heterocycles. The van der Waals surface area contributed by atoms with Crippen molar-refractivity contribution in [1.82, 2.24) is 14.9 Å². The van der Waals surface area contributed by atoms with Crippen LogP contribution in [0.1, 0.15) is 32.6 Å². The summed E-state index contributed by atoms with van der Waals surface area (Å²) in [5, 5.41) is 3.13. The minimum atomic E-state index is -0.652. The van der Waals surface area contributed by atoms with E-state index in [1.165, 1.54) is 10.9 Å². The lowest BCUT2D eigenvalue weighted by Gasteiger charge is -2.08. The topological polar surface area (TPSA) is 90.3 Å². The lowest BCUT2D eigenvalue weighted by molar-refractivity contribution is -0.149. The molecule has 134 valence electrons. The normalized spacial score (nSPS) is 10.6. The first kappa shape index (κ1) is 18.6. The van der Waals surface area contributed by atoms with E-state index in [1.807, 2.05) is 0 Å². The number of benzene rings is 1. The van der Waals surface area contributed by atoms with Gasteiger partial charge in [-0.15, -0.1) is 0 Å². The molecule has 25 heavy (non-hydrogen) atoms. The summed E-state index contributed by atoms with van der Waals surface area (Å²) in [6, 6.07) is 6.90. The summed E-state index contributed by atoms with van der Waals surface area (Å²) in [7, 11) is 0. The van der Waals surface area contributed by atoms with E-state index in [-0.39, 0.29) is 24.6 Å². The molecule has 0 spiro atoms. The first-order valence-corrected chi connectivity index (χ1v) is 8.48. The summed E-state index contributed by atoms with van der Waals surface area (Å²) < 4.78 is 6.09. The second kappa shape index (κ2) is 9.56. The van der Waals surface area contributed by atoms with Crippen molar-refractivity contribution in [2.24, 2.45) is 0 Å². The summed E-state index contributed by atoms with van der Waals surface area (Å²) >= 11 is 0. The Bertz CT molecular complexity index is 785. The molecule has 1 aromatic heterocycles. The van der Waals surface area contributed by atoms with Gasteiger partial charge in [-0.1, -0.05) is 38.3 Å². The molecule has 7 nitrogen and oxygen atoms in total. The van der Waals surface area contributed by atoms with Gasteiger partial charge in [0, 0.05) is 6.54 Å². The van der Waals surface area contributed by atoms with Crippen LogP contribution in [-0.2, 0) is 20.9 Å². The van der Waals surface area contributed by atoms with Crippen molar-refractivity contribution >= 4 is 22.8 Å². The SMILES string of the molecule is CCCCCCNC(=O)COC(=O)Cn1cnc2ccccc2c1=O. The Morgan fingerprint density at radius 2 is 2.00 bits per heavy atom. The van der Waals surface area contributed by atoms with E-state index in [0.29, 0.717) is 17.4 Å². The number of aromatic nitrogens is 2. The summed E-state index contributed by atoms with van der Waals surface area (Å²) in [6.07, 6.45) is 5.55. The van der Waals surface area contributed by atoms with Crippen LogP contribution in [0.25, 0.3) is 10.9 Å². The average Bonchev–Trinajstić information content (AvgIpc) is 2.62. The van der Waals surface area contributed by atoms with Crippen LogP contribution in [0.2, 0.25) is 0 Å². The number of nitrogens with one attached hydrogen (secondary N) is 1. The maximum Gasteiger partial charge on any atom is 0.326 e. The molecule has 2 aromatic rings. The molecular formula is C18H23N3O4. The highest BCUT2D eigenvalue weighted by Gasteiger charge is 2.10. The Morgan fingerprint density at radius 3 is 2.80 bits per heavy atom. The fourth-order valence-electron chi connectivity index (χ4n) is 2.38. The van der Waals surface area contributed by atoms with Gasteiger partial charge in [-0.25, -0.2) is 4.98 Å². The van der Waals surface area contributed by atoms with E-state index in [1.54, 1.807) is 24.3 Å². The Morgan fingerprint density at radius 1 is 1.20 bits per heavy atom. The van der Waals surface area contributed by atoms with Crippen LogP contribution in [0, 0.1) is 0 Å². The van der Waals surface area contributed by atoms with Gasteiger partial charge in [0.2, 0.25) is 0 Å². The van der Waals surface area contributed by atoms with E-state index in [2.05, 4.69) is 17.2 Å². The third-order valence-corrected chi connectivity index (χ3v) is 3.75. The molecule has 1 amide bonds. The number of esters is 1. The van der Waals surface area contributed by atoms with Gasteiger partial charge in [0.15, 0.2) is 6.61 Å². The number of para-hydroxylation sites is 1. The number of carbonyl (C=O) groups is 2. The number of ether oxygens (including phenoxy) is 1. The summed E-state index contributed by atoms with van der Waals surface area (Å²) in [4.78, 5) is 39.8. The lowest BCUT2D eigenvalue weighted by Crippen LogP contribution is -2.31. The molecule has 0 saturated heterocycles. The van der Waals surface area contributed by atoms with Gasteiger partial charge in [-0.2, -0.15) is 0 Å². The van der Waals surface area contributed by atoms with Gasteiger partial charge in [0.05, 0.1) is 17.2 Å². The van der Waals surface area contributed by atoms with Crippen LogP contribution in [-0.4, -0.2) is 34.6 Å². The van der Waals surface area contributed by atoms with Crippen LogP contribution in [0.5, 0.6) is 0 Å². The quantitative estimate of drug-likeness (QED) is 0.551. The van der Waals surface area contributed by atoms with Crippen LogP contribution >= 0.6 is 0 Å². The van der Waals surface area contributed by atoms with E-state index >= 15 is 0 Å². The number of hydrogen-bond acceptors (Lipinski definition) is 5. The summed E-state index contributed by atoms with van der Waals surface area (Å²) in [5.41, 5.74) is 0.252. The molecule has 0 unspecified atom stereocenters. The van der Waals surface area contributed by atoms with Gasteiger partial charge < -0.3 is 10.1 Å². The number of hydrogen-bond donors (Lipinski definition) is 1. The zero-order valence-electron chi connectivity index (χ0n) is 14.4. The van der Waals surface area contributed by atoms with E-state index in [4.69, 9.17) is 4.74 Å². The monoisotopic (exact) mass is 345 g/mol. The number of fused-ring (bicyclic) bond motifs is 1. The summed E-state index contributed by atoms with van der Waals surface area (Å²) in [5.74, 6) is -0.992. The predicted octanol–water partition coefficient (Wildman–Crippen LogP) is 1.64. The van der Waals surface area contributed by atoms with Crippen LogP contribution < -0.4 is 10.9 Å². The van der Waals surface area contributed by atoms with Gasteiger partial charge >= 0.3 is 5.97 Å². The Hall–Kier alpha value is -2.70. The minimum absolute atomic E-state index is 0.277. The number of nitrogens with zero attached hydrogens (tertiary/aromatic N) is 2. The minimum Gasteiger partial charge on any atom is -0.454 e. The van der Waals surface area contributed by atoms with Crippen molar-refractivity contribution < 1.29 is 14.3 Å². The van der Waals surface area contributed by atoms with E-state index in [9.17, 15) is 14.4 Å². The van der Waals surface area contributed by atoms with Gasteiger partial charge in [0.1, 0.15) is 6.54 Å². The van der Waals surface area contributed by atoms with E-state index in [0.717, 1.165) is 25.7 Å². The standard InChI is InChI=1S/C18H23N3O4/c1-2-3-4-7-10-19-16(22)12-25-17(23)11-21-13-20-15-9-6-5-8-14(15)18(21)24/h5-6,8-9,13H,2-4,7,10-12H2,1H3,(H,19,22). The number of carbonyl (C=O) groups excluding carboxylic acids is 2. The van der Waals surface area contributed by atoms with Crippen molar-refractivity contribution in [2.45, 2.75) is 39.2 Å². The van der Waals surface area contributed by atoms with Crippen molar-refractivity contribution in [3.8, 4) is 0 Å². The second-order valence-electron chi connectivity index (χ2n) is 5.77. The first-order valence-electron chi connectivity index (χ1n) is 8.48. The molecule has 0 radical (unpaired) electrons. The largest absolute Gasteiger partial charge is 0.454 e. The first-order chi connectivity index (χ1) is 12.1. The van der Waals surface area contributed by atoms with Crippen molar-refractivity contribution in [1.29, 1.82) is 0 Å². The van der Waals surface area contributed by atoms with Gasteiger partial charge in [-0.05, 0) is 18.6 Å². The van der Waals surface area contributed by atoms with Crippen LogP contribution in [0.15, 0.2) is 35.4 Å². The molecular weight excluding hydrogens is 322 g/mol. The molecule has 1 N–H and O–H groups in total. The Balaban J connectivity index is 1.80. The molecule has 0 aliphatic carbocycles. The zero-order chi connectivity index (χ0) is 18.1. The smallest absolute Gasteiger partial charge is 0.326 e. The fraction of sp³-hybridized carbons (Fsp3) is 0.444. The van der Waals surface area contributed by atoms with E-state index < -0.39 is 5.97 Å². The van der Waals surface area contributed by atoms with Gasteiger partial charge in [-0.3, -0.25) is 19.0 Å². The average molecular weight is 345 g/mol.